The minimum absolute atomic E-state index is 0.0243. The molecule has 0 aromatic heterocycles. The zero-order valence-electron chi connectivity index (χ0n) is 7.45. The van der Waals surface area contributed by atoms with Crippen LogP contribution in [0, 0.1) is 0 Å². The molecule has 2 aliphatic rings. The molecule has 0 aromatic rings. The van der Waals surface area contributed by atoms with Crippen LogP contribution in [0.15, 0.2) is 0 Å². The molecular weight excluding hydrogens is 156 g/mol. The fourth-order valence-electron chi connectivity index (χ4n) is 2.30. The highest BCUT2D eigenvalue weighted by Gasteiger charge is 2.46. The van der Waals surface area contributed by atoms with Crippen molar-refractivity contribution in [3.8, 4) is 0 Å². The van der Waals surface area contributed by atoms with Crippen LogP contribution in [0.4, 0.5) is 0 Å². The maximum atomic E-state index is 10.1. The smallest absolute Gasteiger partial charge is 0.114 e. The maximum absolute atomic E-state index is 10.1. The van der Waals surface area contributed by atoms with Crippen molar-refractivity contribution in [2.24, 2.45) is 0 Å². The summed E-state index contributed by atoms with van der Waals surface area (Å²) in [4.78, 5) is 0. The van der Waals surface area contributed by atoms with Crippen molar-refractivity contribution in [1.29, 1.82) is 0 Å². The third-order valence-corrected chi connectivity index (χ3v) is 3.00. The first-order chi connectivity index (χ1) is 5.74. The Kier molecular flexibility index (Phi) is 2.10. The molecule has 0 aliphatic carbocycles. The first-order valence-corrected chi connectivity index (χ1v) is 4.61. The molecule has 0 amide bonds. The Morgan fingerprint density at radius 1 is 1.50 bits per heavy atom. The van der Waals surface area contributed by atoms with E-state index in [4.69, 9.17) is 9.47 Å². The van der Waals surface area contributed by atoms with Crippen LogP contribution >= 0.6 is 0 Å². The van der Waals surface area contributed by atoms with Gasteiger partial charge in [-0.1, -0.05) is 0 Å². The monoisotopic (exact) mass is 172 g/mol. The molecule has 12 heavy (non-hydrogen) atoms. The van der Waals surface area contributed by atoms with Gasteiger partial charge in [-0.3, -0.25) is 0 Å². The molecule has 3 unspecified atom stereocenters. The number of hydrogen-bond donors (Lipinski definition) is 1. The van der Waals surface area contributed by atoms with E-state index in [9.17, 15) is 5.11 Å². The van der Waals surface area contributed by atoms with Gasteiger partial charge in [0.05, 0.1) is 18.8 Å². The number of ether oxygens (including phenoxy) is 2. The van der Waals surface area contributed by atoms with Crippen LogP contribution in [-0.4, -0.2) is 36.6 Å². The summed E-state index contributed by atoms with van der Waals surface area (Å²) in [5.41, 5.74) is -0.707. The summed E-state index contributed by atoms with van der Waals surface area (Å²) in [5.74, 6) is 0. The van der Waals surface area contributed by atoms with Crippen molar-refractivity contribution in [1.82, 2.24) is 0 Å². The van der Waals surface area contributed by atoms with Gasteiger partial charge >= 0.3 is 0 Å². The highest BCUT2D eigenvalue weighted by molar-refractivity contribution is 4.97. The van der Waals surface area contributed by atoms with Gasteiger partial charge in [0.2, 0.25) is 0 Å². The molecule has 2 saturated heterocycles. The summed E-state index contributed by atoms with van der Waals surface area (Å²) in [7, 11) is 1.62. The summed E-state index contributed by atoms with van der Waals surface area (Å²) in [6, 6.07) is 0. The van der Waals surface area contributed by atoms with Gasteiger partial charge in [-0.15, -0.1) is 0 Å². The predicted octanol–water partition coefficient (Wildman–Crippen LogP) is 0.705. The lowest BCUT2D eigenvalue weighted by Gasteiger charge is -2.37. The molecule has 2 aliphatic heterocycles. The summed E-state index contributed by atoms with van der Waals surface area (Å²) in [6.07, 6.45) is 4.34. The maximum Gasteiger partial charge on any atom is 0.114 e. The van der Waals surface area contributed by atoms with E-state index in [0.29, 0.717) is 12.7 Å². The number of methoxy groups -OCH3 is 1. The zero-order valence-corrected chi connectivity index (χ0v) is 7.45. The second-order valence-corrected chi connectivity index (χ2v) is 3.90. The van der Waals surface area contributed by atoms with Gasteiger partial charge in [0.1, 0.15) is 5.60 Å². The Hall–Kier alpha value is -0.120. The van der Waals surface area contributed by atoms with E-state index in [1.165, 1.54) is 0 Å². The van der Waals surface area contributed by atoms with E-state index >= 15 is 0 Å². The van der Waals surface area contributed by atoms with E-state index in [2.05, 4.69) is 0 Å². The lowest BCUT2D eigenvalue weighted by molar-refractivity contribution is -0.166. The summed E-state index contributed by atoms with van der Waals surface area (Å²) in [5, 5.41) is 10.1. The standard InChI is InChI=1S/C9H16O3/c1-11-6-9(10)5-4-7-2-3-8(9)12-7/h7-8,10H,2-6H2,1H3. The van der Waals surface area contributed by atoms with Gasteiger partial charge in [-0.2, -0.15) is 0 Å². The molecule has 70 valence electrons. The van der Waals surface area contributed by atoms with E-state index < -0.39 is 5.60 Å². The normalized spacial score (nSPS) is 46.5. The number of aliphatic hydroxyl groups is 1. The highest BCUT2D eigenvalue weighted by atomic mass is 16.5. The van der Waals surface area contributed by atoms with E-state index in [1.807, 2.05) is 0 Å². The fraction of sp³-hybridized carbons (Fsp3) is 1.00. The lowest BCUT2D eigenvalue weighted by Crippen LogP contribution is -2.49. The second-order valence-electron chi connectivity index (χ2n) is 3.90. The predicted molar refractivity (Wildman–Crippen MR) is 44.0 cm³/mol. The fourth-order valence-corrected chi connectivity index (χ4v) is 2.30. The SMILES string of the molecule is COCC1(O)CCC2CCC1O2. The van der Waals surface area contributed by atoms with Crippen LogP contribution in [0.25, 0.3) is 0 Å². The van der Waals surface area contributed by atoms with Crippen LogP contribution in [-0.2, 0) is 9.47 Å². The summed E-state index contributed by atoms with van der Waals surface area (Å²) in [6.45, 7) is 0.407. The number of fused-ring (bicyclic) bond motifs is 2. The average molecular weight is 172 g/mol. The van der Waals surface area contributed by atoms with Crippen LogP contribution < -0.4 is 0 Å². The van der Waals surface area contributed by atoms with Crippen molar-refractivity contribution in [2.45, 2.75) is 43.5 Å². The molecule has 2 bridgehead atoms. The first kappa shape index (κ1) is 8.48. The van der Waals surface area contributed by atoms with Crippen LogP contribution in [0.5, 0.6) is 0 Å². The number of rotatable bonds is 2. The molecular formula is C9H16O3. The van der Waals surface area contributed by atoms with Gasteiger partial charge in [0.25, 0.3) is 0 Å². The van der Waals surface area contributed by atoms with Crippen molar-refractivity contribution < 1.29 is 14.6 Å². The lowest BCUT2D eigenvalue weighted by atomic mass is 9.91. The Morgan fingerprint density at radius 2 is 2.33 bits per heavy atom. The second kappa shape index (κ2) is 2.98. The topological polar surface area (TPSA) is 38.7 Å². The summed E-state index contributed by atoms with van der Waals surface area (Å²) < 4.78 is 10.6. The van der Waals surface area contributed by atoms with Crippen molar-refractivity contribution in [3.63, 3.8) is 0 Å². The van der Waals surface area contributed by atoms with Crippen molar-refractivity contribution in [2.75, 3.05) is 13.7 Å². The molecule has 0 radical (unpaired) electrons. The molecule has 2 rings (SSSR count). The van der Waals surface area contributed by atoms with Gasteiger partial charge in [0, 0.05) is 7.11 Å². The van der Waals surface area contributed by atoms with Gasteiger partial charge in [-0.05, 0) is 25.7 Å². The Balaban J connectivity index is 2.05. The van der Waals surface area contributed by atoms with E-state index in [0.717, 1.165) is 25.7 Å². The molecule has 3 atom stereocenters. The van der Waals surface area contributed by atoms with Crippen LogP contribution in [0.2, 0.25) is 0 Å². The van der Waals surface area contributed by atoms with Gasteiger partial charge in [0.15, 0.2) is 0 Å². The minimum Gasteiger partial charge on any atom is -0.385 e. The Bertz CT molecular complexity index is 171. The van der Waals surface area contributed by atoms with Crippen LogP contribution in [0.3, 0.4) is 0 Å². The average Bonchev–Trinajstić information content (AvgIpc) is 2.45. The Labute approximate surface area is 72.7 Å². The third kappa shape index (κ3) is 1.26. The van der Waals surface area contributed by atoms with E-state index in [-0.39, 0.29) is 6.10 Å². The quantitative estimate of drug-likeness (QED) is 0.666. The first-order valence-electron chi connectivity index (χ1n) is 4.61. The van der Waals surface area contributed by atoms with Crippen molar-refractivity contribution in [3.05, 3.63) is 0 Å². The molecule has 0 spiro atoms. The van der Waals surface area contributed by atoms with Gasteiger partial charge in [-0.25, -0.2) is 0 Å². The molecule has 0 aromatic carbocycles. The molecule has 2 heterocycles. The minimum atomic E-state index is -0.707. The molecule has 3 heteroatoms. The number of hydrogen-bond acceptors (Lipinski definition) is 3. The van der Waals surface area contributed by atoms with Crippen molar-refractivity contribution >= 4 is 0 Å². The molecule has 0 saturated carbocycles. The highest BCUT2D eigenvalue weighted by Crippen LogP contribution is 2.38. The Morgan fingerprint density at radius 3 is 3.08 bits per heavy atom. The third-order valence-electron chi connectivity index (χ3n) is 3.00. The zero-order chi connectivity index (χ0) is 8.60. The summed E-state index contributed by atoms with van der Waals surface area (Å²) >= 11 is 0. The molecule has 1 N–H and O–H groups in total. The van der Waals surface area contributed by atoms with Gasteiger partial charge < -0.3 is 14.6 Å². The van der Waals surface area contributed by atoms with Crippen LogP contribution in [0.1, 0.15) is 25.7 Å². The molecule has 3 nitrogen and oxygen atoms in total. The van der Waals surface area contributed by atoms with E-state index in [1.54, 1.807) is 7.11 Å². The molecule has 2 fully saturated rings. The largest absolute Gasteiger partial charge is 0.385 e.